The Labute approximate surface area is 80.1 Å². The van der Waals surface area contributed by atoms with Gasteiger partial charge in [-0.2, -0.15) is 5.26 Å². The van der Waals surface area contributed by atoms with Crippen LogP contribution < -0.4 is 0 Å². The first kappa shape index (κ1) is 11.2. The van der Waals surface area contributed by atoms with Gasteiger partial charge in [0.15, 0.2) is 5.41 Å². The van der Waals surface area contributed by atoms with E-state index in [2.05, 4.69) is 17.8 Å². The summed E-state index contributed by atoms with van der Waals surface area (Å²) in [5, 5.41) is 8.83. The molecule has 64 valence electrons. The van der Waals surface area contributed by atoms with Crippen molar-refractivity contribution >= 4 is 0 Å². The SMILES string of the molecule is C#CC(C)(C)CC(C#C)(C#C)C#N. The predicted molar refractivity (Wildman–Crippen MR) is 52.9 cm³/mol. The minimum Gasteiger partial charge on any atom is -0.196 e. The lowest BCUT2D eigenvalue weighted by atomic mass is 9.75. The second-order valence-electron chi connectivity index (χ2n) is 3.51. The molecule has 0 spiro atoms. The van der Waals surface area contributed by atoms with E-state index in [4.69, 9.17) is 24.5 Å². The van der Waals surface area contributed by atoms with Crippen molar-refractivity contribution in [2.75, 3.05) is 0 Å². The molecule has 0 heterocycles. The van der Waals surface area contributed by atoms with Gasteiger partial charge in [-0.05, 0) is 13.8 Å². The molecule has 0 N–H and O–H groups in total. The highest BCUT2D eigenvalue weighted by Gasteiger charge is 2.32. The maximum Gasteiger partial charge on any atom is 0.178 e. The Morgan fingerprint density at radius 2 is 1.54 bits per heavy atom. The van der Waals surface area contributed by atoms with Crippen molar-refractivity contribution in [3.8, 4) is 43.1 Å². The molecule has 0 aromatic rings. The van der Waals surface area contributed by atoms with Crippen LogP contribution in [0.4, 0.5) is 0 Å². The molecular weight excluding hydrogens is 158 g/mol. The van der Waals surface area contributed by atoms with Crippen molar-refractivity contribution in [2.24, 2.45) is 10.8 Å². The third kappa shape index (κ3) is 2.60. The smallest absolute Gasteiger partial charge is 0.178 e. The summed E-state index contributed by atoms with van der Waals surface area (Å²) >= 11 is 0. The summed E-state index contributed by atoms with van der Waals surface area (Å²) in [5.74, 6) is 7.18. The van der Waals surface area contributed by atoms with E-state index in [0.29, 0.717) is 6.42 Å². The fourth-order valence-electron chi connectivity index (χ4n) is 0.962. The van der Waals surface area contributed by atoms with Gasteiger partial charge < -0.3 is 0 Å². The van der Waals surface area contributed by atoms with Crippen LogP contribution in [0.2, 0.25) is 0 Å². The van der Waals surface area contributed by atoms with Gasteiger partial charge in [-0.15, -0.1) is 25.2 Å². The van der Waals surface area contributed by atoms with E-state index in [1.807, 2.05) is 19.9 Å². The van der Waals surface area contributed by atoms with E-state index in [9.17, 15) is 0 Å². The van der Waals surface area contributed by atoms with Crippen LogP contribution in [0.1, 0.15) is 20.3 Å². The first-order valence-corrected chi connectivity index (χ1v) is 3.80. The number of hydrogen-bond acceptors (Lipinski definition) is 1. The second kappa shape index (κ2) is 3.72. The van der Waals surface area contributed by atoms with Crippen LogP contribution in [0.15, 0.2) is 0 Å². The molecule has 0 bridgehead atoms. The molecule has 0 fully saturated rings. The van der Waals surface area contributed by atoms with Crippen molar-refractivity contribution in [2.45, 2.75) is 20.3 Å². The molecule has 0 aliphatic rings. The molecule has 0 saturated heterocycles. The Balaban J connectivity index is 4.94. The Kier molecular flexibility index (Phi) is 3.19. The molecule has 0 aliphatic heterocycles. The van der Waals surface area contributed by atoms with Gasteiger partial charge in [0.05, 0.1) is 6.07 Å². The van der Waals surface area contributed by atoms with Crippen LogP contribution in [-0.2, 0) is 0 Å². The highest BCUT2D eigenvalue weighted by atomic mass is 14.4. The van der Waals surface area contributed by atoms with Gasteiger partial charge in [0, 0.05) is 11.8 Å². The molecule has 0 saturated carbocycles. The van der Waals surface area contributed by atoms with Crippen molar-refractivity contribution in [1.82, 2.24) is 0 Å². The van der Waals surface area contributed by atoms with Crippen LogP contribution in [0, 0.1) is 59.2 Å². The molecule has 0 aliphatic carbocycles. The Bertz CT molecular complexity index is 311. The van der Waals surface area contributed by atoms with Gasteiger partial charge in [0.1, 0.15) is 0 Å². The number of rotatable bonds is 2. The number of hydrogen-bond donors (Lipinski definition) is 0. The standard InChI is InChI=1S/C12H11N/c1-6-11(4,5)9-12(7-2,8-3)10-13/h1-3H,9H2,4-5H3. The van der Waals surface area contributed by atoms with E-state index in [1.54, 1.807) is 0 Å². The van der Waals surface area contributed by atoms with Gasteiger partial charge >= 0.3 is 0 Å². The minimum absolute atomic E-state index is 0.319. The molecule has 0 aromatic carbocycles. The number of nitriles is 1. The normalized spacial score (nSPS) is 10.3. The molecule has 0 atom stereocenters. The molecule has 1 nitrogen and oxygen atoms in total. The zero-order valence-electron chi connectivity index (χ0n) is 7.89. The summed E-state index contributed by atoms with van der Waals surface area (Å²) in [6, 6.07) is 1.94. The van der Waals surface area contributed by atoms with Crippen molar-refractivity contribution in [1.29, 1.82) is 5.26 Å². The zero-order valence-corrected chi connectivity index (χ0v) is 7.89. The first-order valence-electron chi connectivity index (χ1n) is 3.80. The van der Waals surface area contributed by atoms with Gasteiger partial charge in [-0.1, -0.05) is 11.8 Å². The molecule has 1 heteroatoms. The molecular formula is C12H11N. The predicted octanol–water partition coefficient (Wildman–Crippen LogP) is 1.81. The van der Waals surface area contributed by atoms with Crippen LogP contribution >= 0.6 is 0 Å². The van der Waals surface area contributed by atoms with E-state index in [1.165, 1.54) is 0 Å². The highest BCUT2D eigenvalue weighted by molar-refractivity contribution is 5.33. The molecule has 0 unspecified atom stereocenters. The minimum atomic E-state index is -1.17. The largest absolute Gasteiger partial charge is 0.196 e. The van der Waals surface area contributed by atoms with Gasteiger partial charge in [0.2, 0.25) is 0 Å². The third-order valence-corrected chi connectivity index (χ3v) is 1.78. The number of terminal acetylenes is 3. The average molecular weight is 169 g/mol. The van der Waals surface area contributed by atoms with Crippen LogP contribution in [0.3, 0.4) is 0 Å². The third-order valence-electron chi connectivity index (χ3n) is 1.78. The van der Waals surface area contributed by atoms with E-state index < -0.39 is 10.8 Å². The van der Waals surface area contributed by atoms with E-state index in [-0.39, 0.29) is 0 Å². The van der Waals surface area contributed by atoms with Crippen molar-refractivity contribution in [3.63, 3.8) is 0 Å². The fraction of sp³-hybridized carbons (Fsp3) is 0.417. The zero-order chi connectivity index (χ0) is 10.5. The number of nitrogens with zero attached hydrogens (tertiary/aromatic N) is 1. The molecule has 0 rings (SSSR count). The molecule has 0 amide bonds. The maximum absolute atomic E-state index is 8.83. The van der Waals surface area contributed by atoms with Gasteiger partial charge in [-0.25, -0.2) is 0 Å². The summed E-state index contributed by atoms with van der Waals surface area (Å²) in [5.41, 5.74) is -1.62. The fourth-order valence-corrected chi connectivity index (χ4v) is 0.962. The van der Waals surface area contributed by atoms with Crippen LogP contribution in [-0.4, -0.2) is 0 Å². The Hall–Kier alpha value is -1.83. The first-order chi connectivity index (χ1) is 5.95. The maximum atomic E-state index is 8.83. The Morgan fingerprint density at radius 1 is 1.08 bits per heavy atom. The Morgan fingerprint density at radius 3 is 1.77 bits per heavy atom. The topological polar surface area (TPSA) is 23.8 Å². The van der Waals surface area contributed by atoms with Gasteiger partial charge in [-0.3, -0.25) is 0 Å². The lowest BCUT2D eigenvalue weighted by Gasteiger charge is -2.23. The highest BCUT2D eigenvalue weighted by Crippen LogP contribution is 2.32. The van der Waals surface area contributed by atoms with E-state index in [0.717, 1.165) is 0 Å². The summed E-state index contributed by atoms with van der Waals surface area (Å²) in [4.78, 5) is 0. The summed E-state index contributed by atoms with van der Waals surface area (Å²) < 4.78 is 0. The molecule has 0 aromatic heterocycles. The lowest BCUT2D eigenvalue weighted by Crippen LogP contribution is -2.23. The monoisotopic (exact) mass is 169 g/mol. The average Bonchev–Trinajstić information content (AvgIpc) is 2.14. The molecule has 13 heavy (non-hydrogen) atoms. The summed E-state index contributed by atoms with van der Waals surface area (Å²) in [6.07, 6.45) is 16.0. The quantitative estimate of drug-likeness (QED) is 0.578. The van der Waals surface area contributed by atoms with E-state index >= 15 is 0 Å². The lowest BCUT2D eigenvalue weighted by molar-refractivity contribution is 0.390. The van der Waals surface area contributed by atoms with Crippen molar-refractivity contribution in [3.05, 3.63) is 0 Å². The molecule has 0 radical (unpaired) electrons. The van der Waals surface area contributed by atoms with Crippen LogP contribution in [0.25, 0.3) is 0 Å². The second-order valence-corrected chi connectivity index (χ2v) is 3.51. The van der Waals surface area contributed by atoms with Crippen molar-refractivity contribution < 1.29 is 0 Å². The van der Waals surface area contributed by atoms with Gasteiger partial charge in [0.25, 0.3) is 0 Å². The van der Waals surface area contributed by atoms with Crippen LogP contribution in [0.5, 0.6) is 0 Å². The summed E-state index contributed by atoms with van der Waals surface area (Å²) in [7, 11) is 0. The summed E-state index contributed by atoms with van der Waals surface area (Å²) in [6.45, 7) is 3.65.